The number of ether oxygens (including phenoxy) is 4. The maximum atomic E-state index is 9.46. The minimum atomic E-state index is -0.458. The molecule has 21 heavy (non-hydrogen) atoms. The lowest BCUT2D eigenvalue weighted by Gasteiger charge is -2.24. The fourth-order valence-electron chi connectivity index (χ4n) is 2.55. The largest absolute Gasteiger partial charge is 0.394 e. The van der Waals surface area contributed by atoms with Gasteiger partial charge in [0.1, 0.15) is 18.3 Å². The van der Waals surface area contributed by atoms with Gasteiger partial charge in [0, 0.05) is 20.3 Å². The van der Waals surface area contributed by atoms with Gasteiger partial charge in [-0.15, -0.1) is 0 Å². The molecule has 0 saturated carbocycles. The van der Waals surface area contributed by atoms with Crippen molar-refractivity contribution in [1.29, 1.82) is 0 Å². The van der Waals surface area contributed by atoms with Crippen LogP contribution in [0.25, 0.3) is 0 Å². The molecular formula is C16H32O5. The Morgan fingerprint density at radius 1 is 0.905 bits per heavy atom. The third-order valence-corrected chi connectivity index (χ3v) is 3.80. The Hall–Kier alpha value is -0.200. The van der Waals surface area contributed by atoms with Gasteiger partial charge in [-0.05, 0) is 12.8 Å². The number of rotatable bonds is 12. The van der Waals surface area contributed by atoms with Crippen LogP contribution in [0.15, 0.2) is 0 Å². The molecule has 1 rings (SSSR count). The van der Waals surface area contributed by atoms with Crippen LogP contribution in [0.3, 0.4) is 0 Å². The normalized spacial score (nSPS) is 29.1. The monoisotopic (exact) mass is 304 g/mol. The maximum Gasteiger partial charge on any atom is 0.186 e. The zero-order chi connectivity index (χ0) is 15.5. The van der Waals surface area contributed by atoms with Gasteiger partial charge in [-0.3, -0.25) is 0 Å². The predicted octanol–water partition coefficient (Wildman–Crippen LogP) is 2.50. The minimum Gasteiger partial charge on any atom is -0.394 e. The number of unbranched alkanes of at least 4 members (excludes halogenated alkanes) is 4. The van der Waals surface area contributed by atoms with Gasteiger partial charge in [0.2, 0.25) is 0 Å². The summed E-state index contributed by atoms with van der Waals surface area (Å²) in [7, 11) is 1.60. The van der Waals surface area contributed by atoms with Crippen molar-refractivity contribution in [2.45, 2.75) is 77.0 Å². The first kappa shape index (κ1) is 18.8. The predicted molar refractivity (Wildman–Crippen MR) is 81.3 cm³/mol. The van der Waals surface area contributed by atoms with E-state index in [1.54, 1.807) is 7.11 Å². The average molecular weight is 304 g/mol. The van der Waals surface area contributed by atoms with Gasteiger partial charge in [-0.25, -0.2) is 0 Å². The molecule has 126 valence electrons. The molecule has 4 atom stereocenters. The van der Waals surface area contributed by atoms with Gasteiger partial charge in [0.15, 0.2) is 6.29 Å². The number of aliphatic hydroxyl groups excluding tert-OH is 1. The summed E-state index contributed by atoms with van der Waals surface area (Å²) in [5.74, 6) is 0. The van der Waals surface area contributed by atoms with E-state index < -0.39 is 6.29 Å². The highest BCUT2D eigenvalue weighted by Gasteiger charge is 2.46. The number of hydrogen-bond donors (Lipinski definition) is 1. The SMILES string of the molecule is CCCCCOC1C(OC)O[C@H](CO)C1OCCCCC. The summed E-state index contributed by atoms with van der Waals surface area (Å²) in [6.45, 7) is 5.60. The summed E-state index contributed by atoms with van der Waals surface area (Å²) in [6, 6.07) is 0. The van der Waals surface area contributed by atoms with Crippen LogP contribution in [-0.4, -0.2) is 56.6 Å². The second-order valence-corrected chi connectivity index (χ2v) is 5.55. The zero-order valence-corrected chi connectivity index (χ0v) is 13.8. The highest BCUT2D eigenvalue weighted by Crippen LogP contribution is 2.27. The van der Waals surface area contributed by atoms with Crippen molar-refractivity contribution < 1.29 is 24.1 Å². The summed E-state index contributed by atoms with van der Waals surface area (Å²) < 4.78 is 22.9. The van der Waals surface area contributed by atoms with Crippen LogP contribution < -0.4 is 0 Å². The zero-order valence-electron chi connectivity index (χ0n) is 13.8. The Morgan fingerprint density at radius 3 is 1.95 bits per heavy atom. The highest BCUT2D eigenvalue weighted by molar-refractivity contribution is 4.89. The van der Waals surface area contributed by atoms with Crippen molar-refractivity contribution in [1.82, 2.24) is 0 Å². The molecule has 0 aromatic heterocycles. The first-order valence-corrected chi connectivity index (χ1v) is 8.30. The Bertz CT molecular complexity index is 225. The summed E-state index contributed by atoms with van der Waals surface area (Å²) in [5.41, 5.74) is 0. The molecule has 5 heteroatoms. The van der Waals surface area contributed by atoms with E-state index in [9.17, 15) is 5.11 Å². The molecule has 0 amide bonds. The lowest BCUT2D eigenvalue weighted by molar-refractivity contribution is -0.166. The summed E-state index contributed by atoms with van der Waals surface area (Å²) >= 11 is 0. The molecule has 1 saturated heterocycles. The van der Waals surface area contributed by atoms with Crippen LogP contribution in [0.1, 0.15) is 52.4 Å². The van der Waals surface area contributed by atoms with E-state index in [2.05, 4.69) is 13.8 Å². The molecule has 0 aliphatic carbocycles. The van der Waals surface area contributed by atoms with Crippen molar-refractivity contribution in [2.24, 2.45) is 0 Å². The number of aliphatic hydroxyl groups is 1. The van der Waals surface area contributed by atoms with Crippen molar-refractivity contribution in [3.8, 4) is 0 Å². The topological polar surface area (TPSA) is 57.2 Å². The van der Waals surface area contributed by atoms with E-state index in [4.69, 9.17) is 18.9 Å². The molecule has 0 radical (unpaired) electrons. The molecule has 1 heterocycles. The van der Waals surface area contributed by atoms with E-state index in [-0.39, 0.29) is 24.9 Å². The lowest BCUT2D eigenvalue weighted by Crippen LogP contribution is -2.39. The van der Waals surface area contributed by atoms with Crippen LogP contribution >= 0.6 is 0 Å². The first-order valence-electron chi connectivity index (χ1n) is 8.30. The molecular weight excluding hydrogens is 272 g/mol. The third kappa shape index (κ3) is 6.20. The Labute approximate surface area is 128 Å². The number of hydrogen-bond acceptors (Lipinski definition) is 5. The molecule has 1 N–H and O–H groups in total. The van der Waals surface area contributed by atoms with Crippen molar-refractivity contribution in [3.05, 3.63) is 0 Å². The van der Waals surface area contributed by atoms with Crippen LogP contribution in [0.4, 0.5) is 0 Å². The summed E-state index contributed by atoms with van der Waals surface area (Å²) in [5, 5.41) is 9.46. The minimum absolute atomic E-state index is 0.0763. The molecule has 0 bridgehead atoms. The fraction of sp³-hybridized carbons (Fsp3) is 1.00. The fourth-order valence-corrected chi connectivity index (χ4v) is 2.55. The van der Waals surface area contributed by atoms with Crippen molar-refractivity contribution in [3.63, 3.8) is 0 Å². The highest BCUT2D eigenvalue weighted by atomic mass is 16.7. The van der Waals surface area contributed by atoms with Gasteiger partial charge in [-0.1, -0.05) is 39.5 Å². The summed E-state index contributed by atoms with van der Waals surface area (Å²) in [4.78, 5) is 0. The van der Waals surface area contributed by atoms with Gasteiger partial charge >= 0.3 is 0 Å². The molecule has 3 unspecified atom stereocenters. The van der Waals surface area contributed by atoms with E-state index in [1.165, 1.54) is 0 Å². The van der Waals surface area contributed by atoms with Crippen LogP contribution in [0.2, 0.25) is 0 Å². The summed E-state index contributed by atoms with van der Waals surface area (Å²) in [6.07, 6.45) is 5.32. The average Bonchev–Trinajstić information content (AvgIpc) is 2.85. The van der Waals surface area contributed by atoms with Crippen LogP contribution in [-0.2, 0) is 18.9 Å². The molecule has 1 fully saturated rings. The molecule has 0 aromatic rings. The molecule has 5 nitrogen and oxygen atoms in total. The van der Waals surface area contributed by atoms with E-state index >= 15 is 0 Å². The van der Waals surface area contributed by atoms with Crippen molar-refractivity contribution >= 4 is 0 Å². The lowest BCUT2D eigenvalue weighted by atomic mass is 10.1. The van der Waals surface area contributed by atoms with E-state index in [0.29, 0.717) is 13.2 Å². The second kappa shape index (κ2) is 11.4. The molecule has 0 aromatic carbocycles. The molecule has 0 spiro atoms. The quantitative estimate of drug-likeness (QED) is 0.561. The van der Waals surface area contributed by atoms with E-state index in [0.717, 1.165) is 38.5 Å². The molecule has 1 aliphatic rings. The Kier molecular flexibility index (Phi) is 10.2. The van der Waals surface area contributed by atoms with Crippen molar-refractivity contribution in [2.75, 3.05) is 26.9 Å². The van der Waals surface area contributed by atoms with Gasteiger partial charge in [0.25, 0.3) is 0 Å². The van der Waals surface area contributed by atoms with Gasteiger partial charge in [-0.2, -0.15) is 0 Å². The Balaban J connectivity index is 2.48. The Morgan fingerprint density at radius 2 is 1.48 bits per heavy atom. The van der Waals surface area contributed by atoms with E-state index in [1.807, 2.05) is 0 Å². The van der Waals surface area contributed by atoms with Crippen LogP contribution in [0.5, 0.6) is 0 Å². The molecule has 1 aliphatic heterocycles. The smallest absolute Gasteiger partial charge is 0.186 e. The maximum absolute atomic E-state index is 9.46. The van der Waals surface area contributed by atoms with Crippen LogP contribution in [0, 0.1) is 0 Å². The third-order valence-electron chi connectivity index (χ3n) is 3.80. The second-order valence-electron chi connectivity index (χ2n) is 5.55. The standard InChI is InChI=1S/C16H32O5/c1-4-6-8-10-19-14-13(12-17)21-16(18-3)15(14)20-11-9-7-5-2/h13-17H,4-12H2,1-3H3/t13-,14?,15?,16?/m1/s1. The van der Waals surface area contributed by atoms with Gasteiger partial charge in [0.05, 0.1) is 6.61 Å². The van der Waals surface area contributed by atoms with Gasteiger partial charge < -0.3 is 24.1 Å². The first-order chi connectivity index (χ1) is 10.3. The number of methoxy groups -OCH3 is 1.